The van der Waals surface area contributed by atoms with Crippen LogP contribution in [-0.2, 0) is 22.3 Å². The Balaban J connectivity index is 0.000000277. The van der Waals surface area contributed by atoms with Crippen molar-refractivity contribution in [2.45, 2.75) is 34.1 Å². The topological polar surface area (TPSA) is 43.5 Å². The molecule has 0 atom stereocenters. The molecule has 4 aromatic carbocycles. The molecule has 0 unspecified atom stereocenters. The molecule has 0 radical (unpaired) electrons. The number of epoxide rings is 2. The van der Waals surface area contributed by atoms with Crippen molar-refractivity contribution >= 4 is 0 Å². The minimum atomic E-state index is 0. The molecule has 0 N–H and O–H groups in total. The molecule has 6 rings (SSSR count). The monoisotopic (exact) mass is 530 g/mol. The van der Waals surface area contributed by atoms with E-state index in [9.17, 15) is 0 Å². The summed E-state index contributed by atoms with van der Waals surface area (Å²) in [5.74, 6) is 1.82. The van der Waals surface area contributed by atoms with Gasteiger partial charge in [-0.05, 0) is 59.4 Å². The summed E-state index contributed by atoms with van der Waals surface area (Å²) >= 11 is 0. The molecule has 2 aliphatic rings. The van der Waals surface area contributed by atoms with Crippen molar-refractivity contribution in [2.75, 3.05) is 40.6 Å². The quantitative estimate of drug-likeness (QED) is 0.243. The number of hydrogen-bond donors (Lipinski definition) is 0. The molecule has 4 aromatic rings. The maximum atomic E-state index is 4.91. The Kier molecular flexibility index (Phi) is 18.3. The molecule has 4 nitrogen and oxygen atoms in total. The van der Waals surface area contributed by atoms with E-state index in [1.807, 2.05) is 60.7 Å². The summed E-state index contributed by atoms with van der Waals surface area (Å²) < 4.78 is 18.8. The second-order valence-corrected chi connectivity index (χ2v) is 8.36. The van der Waals surface area contributed by atoms with Crippen molar-refractivity contribution in [3.63, 3.8) is 0 Å². The highest BCUT2D eigenvalue weighted by atomic mass is 16.6. The van der Waals surface area contributed by atoms with Crippen LogP contribution >= 0.6 is 0 Å². The molecule has 2 aliphatic heterocycles. The Bertz CT molecular complexity index is 979. The fourth-order valence-electron chi connectivity index (χ4n) is 2.98. The fraction of sp³-hybridized carbons (Fsp3) is 0.314. The number of rotatable bonds is 5. The molecule has 0 bridgehead atoms. The molecule has 210 valence electrons. The third-order valence-electron chi connectivity index (χ3n) is 5.42. The molecule has 2 saturated heterocycles. The largest absolute Gasteiger partial charge is 0.497 e. The van der Waals surface area contributed by atoms with Crippen LogP contribution in [0.3, 0.4) is 0 Å². The number of ether oxygens (including phenoxy) is 4. The van der Waals surface area contributed by atoms with Crippen LogP contribution in [0.15, 0.2) is 109 Å². The predicted molar refractivity (Wildman–Crippen MR) is 165 cm³/mol. The SMILES string of the molecule is C.C1CO1.C1CO1.CCc1ccc(-c2ccc(CC)cc2)cc1.COc1ccccc1.COc1ccccc1. The smallest absolute Gasteiger partial charge is 0.118 e. The van der Waals surface area contributed by atoms with Gasteiger partial charge in [-0.2, -0.15) is 0 Å². The Morgan fingerprint density at radius 3 is 0.949 bits per heavy atom. The molecular weight excluding hydrogens is 484 g/mol. The summed E-state index contributed by atoms with van der Waals surface area (Å²) in [6.45, 7) is 8.37. The van der Waals surface area contributed by atoms with E-state index in [1.54, 1.807) is 14.2 Å². The summed E-state index contributed by atoms with van der Waals surface area (Å²) in [5, 5.41) is 0. The van der Waals surface area contributed by atoms with Gasteiger partial charge in [0, 0.05) is 0 Å². The van der Waals surface area contributed by atoms with E-state index in [1.165, 1.54) is 22.3 Å². The van der Waals surface area contributed by atoms with Crippen LogP contribution in [0.2, 0.25) is 0 Å². The minimum absolute atomic E-state index is 0. The molecule has 0 amide bonds. The lowest BCUT2D eigenvalue weighted by molar-refractivity contribution is 0.414. The van der Waals surface area contributed by atoms with Gasteiger partial charge < -0.3 is 18.9 Å². The molecule has 4 heteroatoms. The van der Waals surface area contributed by atoms with Crippen molar-refractivity contribution in [1.82, 2.24) is 0 Å². The normalized spacial score (nSPS) is 11.5. The summed E-state index contributed by atoms with van der Waals surface area (Å²) in [4.78, 5) is 0. The molecule has 39 heavy (non-hydrogen) atoms. The van der Waals surface area contributed by atoms with E-state index >= 15 is 0 Å². The van der Waals surface area contributed by atoms with Gasteiger partial charge in [0.15, 0.2) is 0 Å². The number of benzene rings is 4. The van der Waals surface area contributed by atoms with Gasteiger partial charge >= 0.3 is 0 Å². The third kappa shape index (κ3) is 16.8. The first-order valence-corrected chi connectivity index (χ1v) is 13.2. The number of methoxy groups -OCH3 is 2. The van der Waals surface area contributed by atoms with E-state index in [-0.39, 0.29) is 7.43 Å². The van der Waals surface area contributed by atoms with Crippen LogP contribution in [-0.4, -0.2) is 40.6 Å². The average Bonchev–Trinajstić information content (AvgIpc) is 3.90. The zero-order valence-electron chi connectivity index (χ0n) is 23.3. The first-order valence-electron chi connectivity index (χ1n) is 13.2. The molecule has 0 aliphatic carbocycles. The maximum Gasteiger partial charge on any atom is 0.118 e. The Morgan fingerprint density at radius 2 is 0.769 bits per heavy atom. The first-order chi connectivity index (χ1) is 18.7. The predicted octanol–water partition coefficient (Wildman–Crippen LogP) is 8.54. The van der Waals surface area contributed by atoms with Crippen LogP contribution in [0, 0.1) is 0 Å². The van der Waals surface area contributed by atoms with Crippen LogP contribution in [0.4, 0.5) is 0 Å². The van der Waals surface area contributed by atoms with Gasteiger partial charge in [-0.3, -0.25) is 0 Å². The van der Waals surface area contributed by atoms with Gasteiger partial charge in [-0.15, -0.1) is 0 Å². The van der Waals surface area contributed by atoms with Gasteiger partial charge in [-0.25, -0.2) is 0 Å². The maximum absolute atomic E-state index is 4.91. The molecule has 2 fully saturated rings. The van der Waals surface area contributed by atoms with Gasteiger partial charge in [0.05, 0.1) is 40.6 Å². The summed E-state index contributed by atoms with van der Waals surface area (Å²) in [6.07, 6.45) is 2.21. The Morgan fingerprint density at radius 1 is 0.487 bits per heavy atom. The first kappa shape index (κ1) is 33.4. The van der Waals surface area contributed by atoms with E-state index in [4.69, 9.17) is 9.47 Å². The van der Waals surface area contributed by atoms with Crippen molar-refractivity contribution in [3.8, 4) is 22.6 Å². The summed E-state index contributed by atoms with van der Waals surface area (Å²) in [5.41, 5.74) is 5.41. The molecule has 0 spiro atoms. The van der Waals surface area contributed by atoms with Gasteiger partial charge in [0.1, 0.15) is 11.5 Å². The third-order valence-corrected chi connectivity index (χ3v) is 5.42. The van der Waals surface area contributed by atoms with Crippen molar-refractivity contribution in [2.24, 2.45) is 0 Å². The fourth-order valence-corrected chi connectivity index (χ4v) is 2.98. The highest BCUT2D eigenvalue weighted by Gasteiger charge is 1.97. The Labute approximate surface area is 236 Å². The molecular formula is C35H46O4. The zero-order chi connectivity index (χ0) is 27.3. The highest BCUT2D eigenvalue weighted by molar-refractivity contribution is 5.63. The van der Waals surface area contributed by atoms with Crippen LogP contribution in [0.1, 0.15) is 32.4 Å². The molecule has 0 aromatic heterocycles. The van der Waals surface area contributed by atoms with Crippen LogP contribution < -0.4 is 9.47 Å². The molecule has 0 saturated carbocycles. The lowest BCUT2D eigenvalue weighted by Gasteiger charge is -2.04. The molecule has 2 heterocycles. The summed E-state index contributed by atoms with van der Waals surface area (Å²) in [6, 6.07) is 37.0. The Hall–Kier alpha value is -3.60. The van der Waals surface area contributed by atoms with Crippen LogP contribution in [0.25, 0.3) is 11.1 Å². The van der Waals surface area contributed by atoms with E-state index < -0.39 is 0 Å². The second-order valence-electron chi connectivity index (χ2n) is 8.36. The summed E-state index contributed by atoms with van der Waals surface area (Å²) in [7, 11) is 3.32. The zero-order valence-corrected chi connectivity index (χ0v) is 23.3. The van der Waals surface area contributed by atoms with E-state index in [0.29, 0.717) is 0 Å². The number of para-hydroxylation sites is 2. The van der Waals surface area contributed by atoms with Crippen LogP contribution in [0.5, 0.6) is 11.5 Å². The van der Waals surface area contributed by atoms with Gasteiger partial charge in [0.2, 0.25) is 0 Å². The van der Waals surface area contributed by atoms with Gasteiger partial charge in [0.25, 0.3) is 0 Å². The van der Waals surface area contributed by atoms with E-state index in [0.717, 1.165) is 50.8 Å². The van der Waals surface area contributed by atoms with Crippen molar-refractivity contribution in [3.05, 3.63) is 120 Å². The lowest BCUT2D eigenvalue weighted by atomic mass is 10.0. The number of aryl methyl sites for hydroxylation is 2. The standard InChI is InChI=1S/C16H18.2C7H8O.2C2H4O.CH4/c1-3-13-5-9-15(10-6-13)16-11-7-14(4-2)8-12-16;2*1-8-7-5-3-2-4-6-7;2*1-2-3-1;/h5-12H,3-4H2,1-2H3;2*2-6H,1H3;2*1-2H2;1H4. The van der Waals surface area contributed by atoms with Crippen molar-refractivity contribution < 1.29 is 18.9 Å². The lowest BCUT2D eigenvalue weighted by Crippen LogP contribution is -1.83. The van der Waals surface area contributed by atoms with Crippen molar-refractivity contribution in [1.29, 1.82) is 0 Å². The van der Waals surface area contributed by atoms with Gasteiger partial charge in [-0.1, -0.05) is 106 Å². The average molecular weight is 531 g/mol. The number of hydrogen-bond acceptors (Lipinski definition) is 4. The van der Waals surface area contributed by atoms with E-state index in [2.05, 4.69) is 71.9 Å². The highest BCUT2D eigenvalue weighted by Crippen LogP contribution is 2.20. The second kappa shape index (κ2) is 21.3. The minimum Gasteiger partial charge on any atom is -0.497 e.